The molecule has 1 aliphatic rings. The second-order valence-electron chi connectivity index (χ2n) is 3.76. The van der Waals surface area contributed by atoms with Crippen LogP contribution in [0.25, 0.3) is 0 Å². The molecule has 0 aromatic rings. The minimum atomic E-state index is -3.76. The fourth-order valence-corrected chi connectivity index (χ4v) is 3.53. The highest BCUT2D eigenvalue weighted by molar-refractivity contribution is 7.84. The minimum Gasteiger partial charge on any atom is -0.253 e. The van der Waals surface area contributed by atoms with Gasteiger partial charge in [0.15, 0.2) is 0 Å². The fraction of sp³-hybridized carbons (Fsp3) is 1.00. The monoisotopic (exact) mass is 309 g/mol. The van der Waals surface area contributed by atoms with E-state index in [0.29, 0.717) is 0 Å². The summed E-state index contributed by atoms with van der Waals surface area (Å²) in [6, 6.07) is -0.00861. The third kappa shape index (κ3) is 3.89. The van der Waals surface area contributed by atoms with E-state index in [1.54, 1.807) is 0 Å². The molecule has 0 spiro atoms. The molecule has 1 heterocycles. The molecule has 0 amide bonds. The van der Waals surface area contributed by atoms with Crippen molar-refractivity contribution < 1.29 is 12.6 Å². The van der Waals surface area contributed by atoms with Gasteiger partial charge in [0.1, 0.15) is 6.61 Å². The molecule has 0 saturated carbocycles. The van der Waals surface area contributed by atoms with E-state index in [1.165, 1.54) is 4.31 Å². The highest BCUT2D eigenvalue weighted by atomic mass is 35.6. The molecule has 96 valence electrons. The molecule has 1 unspecified atom stereocenters. The van der Waals surface area contributed by atoms with Crippen LogP contribution in [0.1, 0.15) is 26.7 Å². The van der Waals surface area contributed by atoms with E-state index in [9.17, 15) is 8.42 Å². The first kappa shape index (κ1) is 14.8. The quantitative estimate of drug-likeness (QED) is 0.579. The Bertz CT molecular complexity index is 341. The van der Waals surface area contributed by atoms with Crippen molar-refractivity contribution in [3.05, 3.63) is 0 Å². The first-order valence-corrected chi connectivity index (χ1v) is 7.43. The summed E-state index contributed by atoms with van der Waals surface area (Å²) in [5, 5.41) is 0. The molecule has 16 heavy (non-hydrogen) atoms. The molecule has 0 aromatic carbocycles. The van der Waals surface area contributed by atoms with Gasteiger partial charge in [0.05, 0.1) is 0 Å². The third-order valence-electron chi connectivity index (χ3n) is 2.41. The zero-order valence-electron chi connectivity index (χ0n) is 8.99. The van der Waals surface area contributed by atoms with Crippen LogP contribution in [0.15, 0.2) is 0 Å². The lowest BCUT2D eigenvalue weighted by atomic mass is 10.2. The van der Waals surface area contributed by atoms with E-state index in [4.69, 9.17) is 34.8 Å². The van der Waals surface area contributed by atoms with Gasteiger partial charge in [-0.15, -0.1) is 0 Å². The largest absolute Gasteiger partial charge is 0.339 e. The summed E-state index contributed by atoms with van der Waals surface area (Å²) in [4.78, 5) is 0. The second-order valence-corrected chi connectivity index (χ2v) is 7.79. The summed E-state index contributed by atoms with van der Waals surface area (Å²) in [5.41, 5.74) is 0. The lowest BCUT2D eigenvalue weighted by molar-refractivity contribution is 0.302. The van der Waals surface area contributed by atoms with Crippen molar-refractivity contribution in [3.63, 3.8) is 0 Å². The molecule has 0 N–H and O–H groups in total. The predicted molar refractivity (Wildman–Crippen MR) is 65.2 cm³/mol. The maximum Gasteiger partial charge on any atom is 0.339 e. The average molecular weight is 311 g/mol. The summed E-state index contributed by atoms with van der Waals surface area (Å²) in [7, 11) is -3.76. The van der Waals surface area contributed by atoms with Gasteiger partial charge in [-0.2, -0.15) is 12.7 Å². The van der Waals surface area contributed by atoms with E-state index < -0.39 is 20.7 Å². The van der Waals surface area contributed by atoms with Crippen molar-refractivity contribution in [1.29, 1.82) is 0 Å². The predicted octanol–water partition coefficient (Wildman–Crippen LogP) is 2.49. The van der Waals surface area contributed by atoms with E-state index >= 15 is 0 Å². The zero-order chi connectivity index (χ0) is 12.6. The van der Waals surface area contributed by atoms with Gasteiger partial charge in [-0.25, -0.2) is 0 Å². The van der Waals surface area contributed by atoms with E-state index in [0.717, 1.165) is 12.8 Å². The Balaban J connectivity index is 2.54. The molecular formula is C8H14Cl3NO3S. The Kier molecular flexibility index (Phi) is 4.77. The molecular weight excluding hydrogens is 297 g/mol. The number of hydrogen-bond acceptors (Lipinski definition) is 3. The van der Waals surface area contributed by atoms with Crippen LogP contribution in [0.3, 0.4) is 0 Å². The van der Waals surface area contributed by atoms with E-state index in [2.05, 4.69) is 4.18 Å². The minimum absolute atomic E-state index is 0.0189. The normalized spacial score (nSPS) is 30.4. The number of hydrogen-bond donors (Lipinski definition) is 0. The van der Waals surface area contributed by atoms with Crippen molar-refractivity contribution in [2.75, 3.05) is 6.61 Å². The maximum absolute atomic E-state index is 11.7. The van der Waals surface area contributed by atoms with E-state index in [1.807, 2.05) is 13.8 Å². The molecule has 3 atom stereocenters. The molecule has 0 radical (unpaired) electrons. The molecule has 0 aliphatic carbocycles. The van der Waals surface area contributed by atoms with Crippen LogP contribution in [0, 0.1) is 0 Å². The van der Waals surface area contributed by atoms with Crippen molar-refractivity contribution in [2.45, 2.75) is 42.6 Å². The summed E-state index contributed by atoms with van der Waals surface area (Å²) in [6.07, 6.45) is 1.74. The standard InChI is InChI=1S/C8H14Cl3NO3S/c1-3-4-7-6(2)12(7)16(13,14)15-5-8(9,10)11/h6-7H,3-5H2,1-2H3/t6-,7+,12?/m0/s1. The lowest BCUT2D eigenvalue weighted by Gasteiger charge is -2.12. The van der Waals surface area contributed by atoms with Gasteiger partial charge in [-0.05, 0) is 13.3 Å². The Hall–Kier alpha value is 0.740. The van der Waals surface area contributed by atoms with Crippen LogP contribution in [0.5, 0.6) is 0 Å². The Labute approximate surface area is 111 Å². The molecule has 1 saturated heterocycles. The molecule has 1 fully saturated rings. The van der Waals surface area contributed by atoms with Crippen LogP contribution in [0.2, 0.25) is 0 Å². The summed E-state index contributed by atoms with van der Waals surface area (Å²) in [6.45, 7) is 3.36. The van der Waals surface area contributed by atoms with Gasteiger partial charge in [-0.1, -0.05) is 48.1 Å². The van der Waals surface area contributed by atoms with Crippen molar-refractivity contribution >= 4 is 45.1 Å². The molecule has 4 nitrogen and oxygen atoms in total. The first-order valence-electron chi connectivity index (χ1n) is 4.93. The van der Waals surface area contributed by atoms with Gasteiger partial charge in [-0.3, -0.25) is 4.18 Å². The smallest absolute Gasteiger partial charge is 0.253 e. The van der Waals surface area contributed by atoms with Crippen LogP contribution in [-0.2, 0) is 14.5 Å². The van der Waals surface area contributed by atoms with Crippen LogP contribution >= 0.6 is 34.8 Å². The maximum atomic E-state index is 11.7. The third-order valence-corrected chi connectivity index (χ3v) is 4.27. The SMILES string of the molecule is CCC[C@@H]1[C@H](C)N1S(=O)(=O)OCC(Cl)(Cl)Cl. The van der Waals surface area contributed by atoms with Crippen molar-refractivity contribution in [3.8, 4) is 0 Å². The van der Waals surface area contributed by atoms with Gasteiger partial charge < -0.3 is 0 Å². The van der Waals surface area contributed by atoms with Gasteiger partial charge in [0.25, 0.3) is 0 Å². The van der Waals surface area contributed by atoms with E-state index in [-0.39, 0.29) is 12.1 Å². The number of halogens is 3. The molecule has 0 aromatic heterocycles. The molecule has 8 heteroatoms. The summed E-state index contributed by atoms with van der Waals surface area (Å²) < 4.78 is 27.6. The highest BCUT2D eigenvalue weighted by Crippen LogP contribution is 2.36. The first-order chi connectivity index (χ1) is 7.19. The fourth-order valence-electron chi connectivity index (χ4n) is 1.62. The number of rotatable bonds is 5. The van der Waals surface area contributed by atoms with Gasteiger partial charge in [0, 0.05) is 12.1 Å². The average Bonchev–Trinajstić information content (AvgIpc) is 2.74. The molecule has 1 aliphatic heterocycles. The number of alkyl halides is 3. The van der Waals surface area contributed by atoms with Crippen LogP contribution < -0.4 is 0 Å². The Morgan fingerprint density at radius 2 is 1.94 bits per heavy atom. The van der Waals surface area contributed by atoms with Crippen molar-refractivity contribution in [2.24, 2.45) is 0 Å². The molecule has 0 bridgehead atoms. The van der Waals surface area contributed by atoms with Crippen LogP contribution in [-0.4, -0.2) is 35.2 Å². The summed E-state index contributed by atoms with van der Waals surface area (Å²) in [5.74, 6) is 0. The highest BCUT2D eigenvalue weighted by Gasteiger charge is 2.52. The van der Waals surface area contributed by atoms with Crippen LogP contribution in [0.4, 0.5) is 0 Å². The van der Waals surface area contributed by atoms with Crippen molar-refractivity contribution in [1.82, 2.24) is 4.31 Å². The Morgan fingerprint density at radius 1 is 1.38 bits per heavy atom. The van der Waals surface area contributed by atoms with Gasteiger partial charge >= 0.3 is 10.3 Å². The zero-order valence-corrected chi connectivity index (χ0v) is 12.1. The second kappa shape index (κ2) is 5.16. The lowest BCUT2D eigenvalue weighted by Crippen LogP contribution is -2.24. The summed E-state index contributed by atoms with van der Waals surface area (Å²) >= 11 is 16.3. The number of nitrogens with zero attached hydrogens (tertiary/aromatic N) is 1. The molecule has 1 rings (SSSR count). The topological polar surface area (TPSA) is 46.4 Å². The van der Waals surface area contributed by atoms with Gasteiger partial charge in [0.2, 0.25) is 3.79 Å². The Morgan fingerprint density at radius 3 is 2.38 bits per heavy atom.